The Morgan fingerprint density at radius 3 is 2.27 bits per heavy atom. The van der Waals surface area contributed by atoms with Crippen molar-refractivity contribution in [1.29, 1.82) is 0 Å². The average Bonchev–Trinajstić information content (AvgIpc) is 2.97. The third-order valence-corrected chi connectivity index (χ3v) is 3.15. The van der Waals surface area contributed by atoms with Gasteiger partial charge in [0.2, 0.25) is 5.78 Å². The molecular formula is C16H19N3O3. The van der Waals surface area contributed by atoms with Crippen molar-refractivity contribution in [3.63, 3.8) is 0 Å². The normalized spacial score (nSPS) is 12.7. The summed E-state index contributed by atoms with van der Waals surface area (Å²) in [6, 6.07) is 6.66. The Morgan fingerprint density at radius 1 is 1.18 bits per heavy atom. The molecular weight excluding hydrogens is 282 g/mol. The van der Waals surface area contributed by atoms with Crippen LogP contribution in [0.2, 0.25) is 0 Å². The summed E-state index contributed by atoms with van der Waals surface area (Å²) in [4.78, 5) is 27.7. The average molecular weight is 301 g/mol. The summed E-state index contributed by atoms with van der Waals surface area (Å²) < 4.78 is 7.16. The molecule has 1 atom stereocenters. The van der Waals surface area contributed by atoms with Crippen LogP contribution in [0.25, 0.3) is 0 Å². The minimum Gasteiger partial charge on any atom is -0.461 e. The van der Waals surface area contributed by atoms with Crippen LogP contribution in [-0.2, 0) is 4.79 Å². The summed E-state index contributed by atoms with van der Waals surface area (Å²) in [6.07, 6.45) is 1.90. The quantitative estimate of drug-likeness (QED) is 0.794. The van der Waals surface area contributed by atoms with Gasteiger partial charge in [0.25, 0.3) is 6.23 Å². The van der Waals surface area contributed by atoms with Crippen LogP contribution >= 0.6 is 0 Å². The van der Waals surface area contributed by atoms with E-state index >= 15 is 0 Å². The fourth-order valence-electron chi connectivity index (χ4n) is 1.83. The van der Waals surface area contributed by atoms with Crippen molar-refractivity contribution in [1.82, 2.24) is 14.8 Å². The predicted octanol–water partition coefficient (Wildman–Crippen LogP) is 2.67. The van der Waals surface area contributed by atoms with E-state index in [2.05, 4.69) is 10.1 Å². The van der Waals surface area contributed by atoms with E-state index in [1.54, 1.807) is 24.3 Å². The van der Waals surface area contributed by atoms with Gasteiger partial charge < -0.3 is 4.74 Å². The number of hydrogen-bond acceptors (Lipinski definition) is 5. The molecule has 0 aliphatic heterocycles. The molecule has 0 fully saturated rings. The number of aromatic nitrogens is 3. The molecule has 1 aromatic carbocycles. The summed E-state index contributed by atoms with van der Waals surface area (Å²) in [6.45, 7) is 6.96. The Morgan fingerprint density at radius 2 is 1.82 bits per heavy atom. The topological polar surface area (TPSA) is 74.1 Å². The van der Waals surface area contributed by atoms with Crippen LogP contribution in [0, 0.1) is 5.41 Å². The van der Waals surface area contributed by atoms with Crippen LogP contribution in [0.3, 0.4) is 0 Å². The minimum absolute atomic E-state index is 0.0230. The second kappa shape index (κ2) is 6.09. The molecule has 1 heterocycles. The Hall–Kier alpha value is -2.50. The Labute approximate surface area is 129 Å². The van der Waals surface area contributed by atoms with Gasteiger partial charge in [-0.3, -0.25) is 9.59 Å². The summed E-state index contributed by atoms with van der Waals surface area (Å²) in [5, 5.41) is 4.00. The lowest BCUT2D eigenvalue weighted by Crippen LogP contribution is -2.34. The molecule has 0 radical (unpaired) electrons. The summed E-state index contributed by atoms with van der Waals surface area (Å²) >= 11 is 0. The van der Waals surface area contributed by atoms with Crippen LogP contribution in [0.15, 0.2) is 36.9 Å². The van der Waals surface area contributed by atoms with Gasteiger partial charge in [0, 0.05) is 11.0 Å². The van der Waals surface area contributed by atoms with Crippen molar-refractivity contribution >= 4 is 11.6 Å². The lowest BCUT2D eigenvalue weighted by atomic mass is 9.90. The number of ketones is 2. The number of nitrogens with zero attached hydrogens (tertiary/aromatic N) is 3. The van der Waals surface area contributed by atoms with Gasteiger partial charge in [-0.2, -0.15) is 5.10 Å². The monoisotopic (exact) mass is 301 g/mol. The fourth-order valence-corrected chi connectivity index (χ4v) is 1.83. The summed E-state index contributed by atoms with van der Waals surface area (Å²) in [5.41, 5.74) is 0.00227. The van der Waals surface area contributed by atoms with E-state index < -0.39 is 11.6 Å². The number of ether oxygens (including phenoxy) is 1. The van der Waals surface area contributed by atoms with Crippen molar-refractivity contribution in [2.75, 3.05) is 0 Å². The molecule has 0 bridgehead atoms. The lowest BCUT2D eigenvalue weighted by Gasteiger charge is -2.25. The molecule has 0 unspecified atom stereocenters. The molecule has 116 valence electrons. The molecule has 0 saturated heterocycles. The Kier molecular flexibility index (Phi) is 4.40. The maximum absolute atomic E-state index is 12.6. The summed E-state index contributed by atoms with van der Waals surface area (Å²) in [7, 11) is 0. The van der Waals surface area contributed by atoms with Gasteiger partial charge in [-0.25, -0.2) is 9.67 Å². The highest BCUT2D eigenvalue weighted by Gasteiger charge is 2.33. The van der Waals surface area contributed by atoms with E-state index in [1.165, 1.54) is 24.3 Å². The smallest absolute Gasteiger partial charge is 0.252 e. The highest BCUT2D eigenvalue weighted by atomic mass is 16.5. The number of Topliss-reactive ketones (excluding diaryl/α,β-unsaturated/α-hetero) is 2. The summed E-state index contributed by atoms with van der Waals surface area (Å²) in [5.74, 6) is 0.349. The number of hydrogen-bond donors (Lipinski definition) is 0. The fraction of sp³-hybridized carbons (Fsp3) is 0.375. The van der Waals surface area contributed by atoms with Crippen molar-refractivity contribution < 1.29 is 14.3 Å². The highest BCUT2D eigenvalue weighted by Crippen LogP contribution is 2.26. The van der Waals surface area contributed by atoms with Crippen LogP contribution in [0.1, 0.15) is 44.3 Å². The van der Waals surface area contributed by atoms with Crippen LogP contribution in [0.5, 0.6) is 5.75 Å². The van der Waals surface area contributed by atoms with Crippen molar-refractivity contribution in [2.45, 2.75) is 33.9 Å². The van der Waals surface area contributed by atoms with E-state index in [1.807, 2.05) is 20.8 Å². The third-order valence-electron chi connectivity index (χ3n) is 3.15. The molecule has 1 aromatic heterocycles. The van der Waals surface area contributed by atoms with E-state index in [0.717, 1.165) is 0 Å². The van der Waals surface area contributed by atoms with Crippen molar-refractivity contribution in [2.24, 2.45) is 5.41 Å². The molecule has 2 rings (SSSR count). The molecule has 0 aliphatic carbocycles. The van der Waals surface area contributed by atoms with Gasteiger partial charge >= 0.3 is 0 Å². The van der Waals surface area contributed by atoms with Gasteiger partial charge in [0.1, 0.15) is 18.4 Å². The number of carbonyl (C=O) groups is 2. The zero-order valence-corrected chi connectivity index (χ0v) is 13.1. The first-order valence-electron chi connectivity index (χ1n) is 6.95. The van der Waals surface area contributed by atoms with Crippen molar-refractivity contribution in [3.05, 3.63) is 42.5 Å². The maximum Gasteiger partial charge on any atom is 0.252 e. The van der Waals surface area contributed by atoms with Crippen LogP contribution in [-0.4, -0.2) is 26.3 Å². The van der Waals surface area contributed by atoms with Gasteiger partial charge in [-0.1, -0.05) is 20.8 Å². The zero-order chi connectivity index (χ0) is 16.3. The van der Waals surface area contributed by atoms with E-state index in [9.17, 15) is 9.59 Å². The molecule has 22 heavy (non-hydrogen) atoms. The Bertz CT molecular complexity index is 655. The predicted molar refractivity (Wildman–Crippen MR) is 80.6 cm³/mol. The van der Waals surface area contributed by atoms with Gasteiger partial charge in [-0.15, -0.1) is 0 Å². The van der Waals surface area contributed by atoms with Gasteiger partial charge in [0.15, 0.2) is 5.78 Å². The molecule has 2 aromatic rings. The standard InChI is InChI=1S/C16H19N3O3/c1-11(20)12-5-7-13(8-6-12)22-15(14(21)16(2,3)4)19-10-17-9-18-19/h5-10,15H,1-4H3/t15-/m0/s1. The van der Waals surface area contributed by atoms with Crippen LogP contribution < -0.4 is 4.74 Å². The number of rotatable bonds is 5. The van der Waals surface area contributed by atoms with E-state index in [0.29, 0.717) is 11.3 Å². The SMILES string of the molecule is CC(=O)c1ccc(O[C@@H](C(=O)C(C)(C)C)n2cncn2)cc1. The second-order valence-electron chi connectivity index (χ2n) is 6.04. The Balaban J connectivity index is 2.27. The molecule has 6 heteroatoms. The van der Waals surface area contributed by atoms with Crippen molar-refractivity contribution in [3.8, 4) is 5.75 Å². The first-order valence-corrected chi connectivity index (χ1v) is 6.95. The lowest BCUT2D eigenvalue weighted by molar-refractivity contribution is -0.138. The molecule has 0 aliphatic rings. The molecule has 0 amide bonds. The molecule has 0 N–H and O–H groups in total. The van der Waals surface area contributed by atoms with E-state index in [4.69, 9.17) is 4.74 Å². The zero-order valence-electron chi connectivity index (χ0n) is 13.1. The molecule has 0 spiro atoms. The first-order chi connectivity index (χ1) is 10.3. The number of benzene rings is 1. The van der Waals surface area contributed by atoms with Gasteiger partial charge in [-0.05, 0) is 31.2 Å². The first kappa shape index (κ1) is 15.9. The molecule has 0 saturated carbocycles. The van der Waals surface area contributed by atoms with Crippen LogP contribution in [0.4, 0.5) is 0 Å². The number of carbonyl (C=O) groups excluding carboxylic acids is 2. The molecule has 6 nitrogen and oxygen atoms in total. The van der Waals surface area contributed by atoms with E-state index in [-0.39, 0.29) is 11.6 Å². The largest absolute Gasteiger partial charge is 0.461 e. The second-order valence-corrected chi connectivity index (χ2v) is 6.04. The highest BCUT2D eigenvalue weighted by molar-refractivity contribution is 5.94. The third kappa shape index (κ3) is 3.58. The minimum atomic E-state index is -0.898. The maximum atomic E-state index is 12.6. The van der Waals surface area contributed by atoms with Gasteiger partial charge in [0.05, 0.1) is 0 Å².